The third-order valence-electron chi connectivity index (χ3n) is 4.72. The Labute approximate surface area is 165 Å². The van der Waals surface area contributed by atoms with E-state index in [4.69, 9.17) is 14.0 Å². The minimum atomic E-state index is -3.48. The fraction of sp³-hybridized carbons (Fsp3) is 0.579. The van der Waals surface area contributed by atoms with Crippen LogP contribution in [0.4, 0.5) is 0 Å². The lowest BCUT2D eigenvalue weighted by Gasteiger charge is -2.31. The van der Waals surface area contributed by atoms with Crippen molar-refractivity contribution in [1.29, 1.82) is 0 Å². The topological polar surface area (TPSA) is 94.8 Å². The summed E-state index contributed by atoms with van der Waals surface area (Å²) in [5, 5.41) is 3.88. The lowest BCUT2D eigenvalue weighted by Crippen LogP contribution is -2.40. The summed E-state index contributed by atoms with van der Waals surface area (Å²) in [5.41, 5.74) is 1.89. The molecule has 28 heavy (non-hydrogen) atoms. The molecule has 154 valence electrons. The maximum atomic E-state index is 12.9. The van der Waals surface area contributed by atoms with Gasteiger partial charge < -0.3 is 14.0 Å². The molecule has 0 N–H and O–H groups in total. The predicted molar refractivity (Wildman–Crippen MR) is 102 cm³/mol. The van der Waals surface area contributed by atoms with Crippen LogP contribution in [0.15, 0.2) is 27.6 Å². The minimum Gasteiger partial charge on any atom is -0.384 e. The number of rotatable bonds is 8. The third kappa shape index (κ3) is 5.16. The zero-order chi connectivity index (χ0) is 20.1. The summed E-state index contributed by atoms with van der Waals surface area (Å²) in [6.07, 6.45) is 1.83. The molecule has 1 aliphatic rings. The van der Waals surface area contributed by atoms with Crippen molar-refractivity contribution in [3.8, 4) is 0 Å². The Balaban J connectivity index is 1.52. The number of piperidine rings is 1. The van der Waals surface area contributed by atoms with Crippen LogP contribution >= 0.6 is 0 Å². The third-order valence-corrected chi connectivity index (χ3v) is 6.59. The number of hydrogen-bond acceptors (Lipinski definition) is 7. The Morgan fingerprint density at radius 1 is 1.18 bits per heavy atom. The first-order valence-corrected chi connectivity index (χ1v) is 10.8. The number of aromatic nitrogens is 2. The average molecular weight is 410 g/mol. The highest BCUT2D eigenvalue weighted by Crippen LogP contribution is 2.24. The second-order valence-electron chi connectivity index (χ2n) is 7.09. The molecule has 2 aromatic rings. The monoisotopic (exact) mass is 409 g/mol. The molecule has 3 rings (SSSR count). The molecule has 8 nitrogen and oxygen atoms in total. The largest absolute Gasteiger partial charge is 0.384 e. The lowest BCUT2D eigenvalue weighted by atomic mass is 10.1. The lowest BCUT2D eigenvalue weighted by molar-refractivity contribution is -0.00119. The smallest absolute Gasteiger partial charge is 0.252 e. The second-order valence-corrected chi connectivity index (χ2v) is 9.02. The van der Waals surface area contributed by atoms with E-state index in [1.165, 1.54) is 4.31 Å². The van der Waals surface area contributed by atoms with Crippen molar-refractivity contribution >= 4 is 10.0 Å². The molecule has 0 unspecified atom stereocenters. The molecule has 0 aliphatic carbocycles. The maximum absolute atomic E-state index is 12.9. The summed E-state index contributed by atoms with van der Waals surface area (Å²) in [6, 6.07) is 5.42. The molecule has 0 atom stereocenters. The number of nitrogens with zero attached hydrogens (tertiary/aromatic N) is 3. The minimum absolute atomic E-state index is 0.0278. The molecule has 0 radical (unpaired) electrons. The molecule has 0 spiro atoms. The molecule has 0 saturated carbocycles. The standard InChI is InChI=1S/C19H27N3O5S/c1-14-10-15(2)12-17(11-14)28(23,24)22-7-4-16(5-8-22)26-13-19-20-18(21-27-19)6-9-25-3/h10-12,16H,4-9,13H2,1-3H3. The van der Waals surface area contributed by atoms with Crippen molar-refractivity contribution in [2.24, 2.45) is 0 Å². The molecule has 1 aliphatic heterocycles. The highest BCUT2D eigenvalue weighted by Gasteiger charge is 2.30. The molecule has 1 fully saturated rings. The molecule has 1 saturated heterocycles. The Morgan fingerprint density at radius 2 is 1.86 bits per heavy atom. The van der Waals surface area contributed by atoms with Crippen molar-refractivity contribution in [2.75, 3.05) is 26.8 Å². The molecule has 0 bridgehead atoms. The second kappa shape index (κ2) is 9.13. The first kappa shape index (κ1) is 20.9. The van der Waals surface area contributed by atoms with Crippen LogP contribution in [-0.2, 0) is 32.5 Å². The van der Waals surface area contributed by atoms with E-state index < -0.39 is 10.0 Å². The van der Waals surface area contributed by atoms with Gasteiger partial charge in [-0.2, -0.15) is 9.29 Å². The van der Waals surface area contributed by atoms with E-state index in [-0.39, 0.29) is 12.7 Å². The number of benzene rings is 1. The molecular formula is C19H27N3O5S. The van der Waals surface area contributed by atoms with Gasteiger partial charge in [-0.15, -0.1) is 0 Å². The zero-order valence-electron chi connectivity index (χ0n) is 16.6. The van der Waals surface area contributed by atoms with Gasteiger partial charge in [0, 0.05) is 26.6 Å². The Morgan fingerprint density at radius 3 is 2.50 bits per heavy atom. The van der Waals surface area contributed by atoms with Gasteiger partial charge in [0.15, 0.2) is 5.82 Å². The number of hydrogen-bond donors (Lipinski definition) is 0. The van der Waals surface area contributed by atoms with Crippen LogP contribution in [0.3, 0.4) is 0 Å². The molecular weight excluding hydrogens is 382 g/mol. The summed E-state index contributed by atoms with van der Waals surface area (Å²) in [7, 11) is -1.86. The normalized spacial score (nSPS) is 16.5. The fourth-order valence-corrected chi connectivity index (χ4v) is 4.96. The van der Waals surface area contributed by atoms with Crippen molar-refractivity contribution in [2.45, 2.75) is 50.7 Å². The predicted octanol–water partition coefficient (Wildman–Crippen LogP) is 2.25. The summed E-state index contributed by atoms with van der Waals surface area (Å²) < 4.78 is 43.3. The van der Waals surface area contributed by atoms with E-state index in [1.807, 2.05) is 19.9 Å². The number of ether oxygens (including phenoxy) is 2. The summed E-state index contributed by atoms with van der Waals surface area (Å²) in [6.45, 7) is 5.45. The molecule has 9 heteroatoms. The van der Waals surface area contributed by atoms with E-state index in [1.54, 1.807) is 19.2 Å². The highest BCUT2D eigenvalue weighted by atomic mass is 32.2. The summed E-state index contributed by atoms with van der Waals surface area (Å²) in [5.74, 6) is 1.02. The van der Waals surface area contributed by atoms with E-state index in [0.29, 0.717) is 55.6 Å². The van der Waals surface area contributed by atoms with Crippen LogP contribution in [0.5, 0.6) is 0 Å². The van der Waals surface area contributed by atoms with E-state index in [0.717, 1.165) is 11.1 Å². The zero-order valence-corrected chi connectivity index (χ0v) is 17.4. The van der Waals surface area contributed by atoms with Crippen LogP contribution in [0, 0.1) is 13.8 Å². The summed E-state index contributed by atoms with van der Waals surface area (Å²) >= 11 is 0. The van der Waals surface area contributed by atoms with Gasteiger partial charge in [-0.1, -0.05) is 11.2 Å². The fourth-order valence-electron chi connectivity index (χ4n) is 3.30. The van der Waals surface area contributed by atoms with Gasteiger partial charge in [-0.25, -0.2) is 8.42 Å². The molecule has 1 aromatic heterocycles. The first-order chi connectivity index (χ1) is 13.4. The van der Waals surface area contributed by atoms with Gasteiger partial charge in [-0.05, 0) is 49.9 Å². The van der Waals surface area contributed by atoms with Crippen LogP contribution < -0.4 is 0 Å². The van der Waals surface area contributed by atoms with E-state index in [9.17, 15) is 8.42 Å². The van der Waals surface area contributed by atoms with Gasteiger partial charge in [0.25, 0.3) is 5.89 Å². The van der Waals surface area contributed by atoms with Crippen LogP contribution in [0.25, 0.3) is 0 Å². The van der Waals surface area contributed by atoms with E-state index >= 15 is 0 Å². The van der Waals surface area contributed by atoms with Gasteiger partial charge in [0.1, 0.15) is 6.61 Å². The van der Waals surface area contributed by atoms with Gasteiger partial charge >= 0.3 is 0 Å². The van der Waals surface area contributed by atoms with Crippen LogP contribution in [0.1, 0.15) is 35.7 Å². The Kier molecular flexibility index (Phi) is 6.82. The highest BCUT2D eigenvalue weighted by molar-refractivity contribution is 7.89. The quantitative estimate of drug-likeness (QED) is 0.660. The van der Waals surface area contributed by atoms with Crippen molar-refractivity contribution in [1.82, 2.24) is 14.4 Å². The average Bonchev–Trinajstić information content (AvgIpc) is 3.12. The summed E-state index contributed by atoms with van der Waals surface area (Å²) in [4.78, 5) is 4.61. The number of aryl methyl sites for hydroxylation is 2. The SMILES string of the molecule is COCCc1noc(COC2CCN(S(=O)(=O)c3cc(C)cc(C)c3)CC2)n1. The molecule has 2 heterocycles. The van der Waals surface area contributed by atoms with Gasteiger partial charge in [0.05, 0.1) is 17.6 Å². The molecule has 0 amide bonds. The first-order valence-electron chi connectivity index (χ1n) is 9.39. The van der Waals surface area contributed by atoms with Crippen LogP contribution in [0.2, 0.25) is 0 Å². The van der Waals surface area contributed by atoms with E-state index in [2.05, 4.69) is 10.1 Å². The Hall–Kier alpha value is -1.81. The van der Waals surface area contributed by atoms with Gasteiger partial charge in [0.2, 0.25) is 10.0 Å². The number of sulfonamides is 1. The van der Waals surface area contributed by atoms with Crippen molar-refractivity contribution < 1.29 is 22.4 Å². The van der Waals surface area contributed by atoms with Crippen molar-refractivity contribution in [3.05, 3.63) is 41.0 Å². The van der Waals surface area contributed by atoms with Crippen LogP contribution in [-0.4, -0.2) is 55.8 Å². The number of methoxy groups -OCH3 is 1. The molecule has 1 aromatic carbocycles. The van der Waals surface area contributed by atoms with Gasteiger partial charge in [-0.3, -0.25) is 0 Å². The van der Waals surface area contributed by atoms with Crippen molar-refractivity contribution in [3.63, 3.8) is 0 Å². The maximum Gasteiger partial charge on any atom is 0.252 e. The Bertz CT molecular complexity index is 868.